The predicted molar refractivity (Wildman–Crippen MR) is 129 cm³/mol. The molecule has 5 rings (SSSR count). The number of aryl methyl sites for hydroxylation is 1. The van der Waals surface area contributed by atoms with Gasteiger partial charge in [0.15, 0.2) is 0 Å². The molecule has 33 heavy (non-hydrogen) atoms. The summed E-state index contributed by atoms with van der Waals surface area (Å²) in [5.74, 6) is 0.505. The first-order valence-corrected chi connectivity index (χ1v) is 11.2. The Bertz CT molecular complexity index is 1440. The molecule has 1 aliphatic heterocycles. The summed E-state index contributed by atoms with van der Waals surface area (Å²) in [5.41, 5.74) is 3.27. The van der Waals surface area contributed by atoms with Crippen molar-refractivity contribution in [3.05, 3.63) is 93.6 Å². The molecule has 0 saturated carbocycles. The molecule has 3 heterocycles. The summed E-state index contributed by atoms with van der Waals surface area (Å²) in [6.07, 6.45) is 2.25. The first-order valence-electron chi connectivity index (χ1n) is 10.8. The Morgan fingerprint density at radius 2 is 1.91 bits per heavy atom. The molecule has 0 N–H and O–H groups in total. The number of benzene rings is 2. The Morgan fingerprint density at radius 3 is 2.61 bits per heavy atom. The van der Waals surface area contributed by atoms with E-state index in [2.05, 4.69) is 5.10 Å². The number of furan rings is 1. The third-order valence-electron chi connectivity index (χ3n) is 6.05. The van der Waals surface area contributed by atoms with Crippen molar-refractivity contribution in [1.29, 1.82) is 0 Å². The van der Waals surface area contributed by atoms with Gasteiger partial charge in [0, 0.05) is 35.9 Å². The first-order chi connectivity index (χ1) is 16.0. The van der Waals surface area contributed by atoms with Crippen molar-refractivity contribution in [3.8, 4) is 11.1 Å². The summed E-state index contributed by atoms with van der Waals surface area (Å²) in [6, 6.07) is 18.4. The van der Waals surface area contributed by atoms with Crippen LogP contribution in [0.15, 0.2) is 81.2 Å². The number of pyridine rings is 1. The maximum atomic E-state index is 13.7. The Kier molecular flexibility index (Phi) is 5.38. The van der Waals surface area contributed by atoms with Gasteiger partial charge >= 0.3 is 0 Å². The Morgan fingerprint density at radius 1 is 1.12 bits per heavy atom. The maximum absolute atomic E-state index is 13.7. The second-order valence-corrected chi connectivity index (χ2v) is 8.45. The van der Waals surface area contributed by atoms with Gasteiger partial charge in [0.05, 0.1) is 23.1 Å². The maximum Gasteiger partial charge on any atom is 0.260 e. The van der Waals surface area contributed by atoms with Crippen molar-refractivity contribution >= 4 is 34.1 Å². The van der Waals surface area contributed by atoms with Crippen LogP contribution in [0.1, 0.15) is 37.1 Å². The molecule has 0 radical (unpaired) electrons. The van der Waals surface area contributed by atoms with Crippen LogP contribution < -0.4 is 5.56 Å². The van der Waals surface area contributed by atoms with Gasteiger partial charge in [0.2, 0.25) is 5.91 Å². The SMILES string of the molecule is CCC(=O)N1N=C(c2c(-c3ccccc3)c3cc(Cl)ccc3n(C)c2=O)C[C@@H]1c1ccco1. The quantitative estimate of drug-likeness (QED) is 0.402. The fraction of sp³-hybridized carbons (Fsp3) is 0.192. The lowest BCUT2D eigenvalue weighted by Gasteiger charge is -2.18. The average Bonchev–Trinajstić information content (AvgIpc) is 3.51. The van der Waals surface area contributed by atoms with Gasteiger partial charge < -0.3 is 8.98 Å². The summed E-state index contributed by atoms with van der Waals surface area (Å²) in [7, 11) is 1.74. The second kappa shape index (κ2) is 8.37. The largest absolute Gasteiger partial charge is 0.467 e. The molecule has 0 aliphatic carbocycles. The Hall–Kier alpha value is -3.64. The number of halogens is 1. The molecule has 0 saturated heterocycles. The molecule has 6 nitrogen and oxygen atoms in total. The topological polar surface area (TPSA) is 67.8 Å². The van der Waals surface area contributed by atoms with E-state index in [-0.39, 0.29) is 11.5 Å². The van der Waals surface area contributed by atoms with Crippen molar-refractivity contribution in [3.63, 3.8) is 0 Å². The van der Waals surface area contributed by atoms with E-state index < -0.39 is 6.04 Å². The predicted octanol–water partition coefficient (Wildman–Crippen LogP) is 5.54. The van der Waals surface area contributed by atoms with Gasteiger partial charge in [-0.15, -0.1) is 0 Å². The van der Waals surface area contributed by atoms with Crippen LogP contribution in [-0.4, -0.2) is 21.2 Å². The van der Waals surface area contributed by atoms with E-state index in [1.165, 1.54) is 5.01 Å². The molecule has 0 fully saturated rings. The zero-order valence-electron chi connectivity index (χ0n) is 18.3. The van der Waals surface area contributed by atoms with Gasteiger partial charge in [0.1, 0.15) is 11.8 Å². The smallest absolute Gasteiger partial charge is 0.260 e. The van der Waals surface area contributed by atoms with Crippen LogP contribution in [0.4, 0.5) is 0 Å². The first kappa shape index (κ1) is 21.2. The van der Waals surface area contributed by atoms with Crippen LogP contribution in [0.25, 0.3) is 22.0 Å². The van der Waals surface area contributed by atoms with E-state index in [4.69, 9.17) is 16.0 Å². The highest BCUT2D eigenvalue weighted by molar-refractivity contribution is 6.31. The third kappa shape index (κ3) is 3.56. The highest BCUT2D eigenvalue weighted by atomic mass is 35.5. The number of carbonyl (C=O) groups is 1. The van der Waals surface area contributed by atoms with Crippen LogP contribution in [0.2, 0.25) is 5.02 Å². The lowest BCUT2D eigenvalue weighted by Crippen LogP contribution is -2.26. The van der Waals surface area contributed by atoms with Gasteiger partial charge in [0.25, 0.3) is 5.56 Å². The monoisotopic (exact) mass is 459 g/mol. The molecular formula is C26H22ClN3O3. The summed E-state index contributed by atoms with van der Waals surface area (Å²) >= 11 is 6.37. The van der Waals surface area contributed by atoms with Gasteiger partial charge in [-0.1, -0.05) is 48.9 Å². The van der Waals surface area contributed by atoms with Gasteiger partial charge in [-0.05, 0) is 35.9 Å². The van der Waals surface area contributed by atoms with Gasteiger partial charge in [-0.3, -0.25) is 9.59 Å². The summed E-state index contributed by atoms with van der Waals surface area (Å²) < 4.78 is 7.23. The molecule has 4 aromatic rings. The molecule has 0 unspecified atom stereocenters. The highest BCUT2D eigenvalue weighted by Crippen LogP contribution is 2.38. The van der Waals surface area contributed by atoms with Gasteiger partial charge in [-0.25, -0.2) is 5.01 Å². The van der Waals surface area contributed by atoms with Crippen LogP contribution in [0, 0.1) is 0 Å². The Balaban J connectivity index is 1.80. The lowest BCUT2D eigenvalue weighted by molar-refractivity contribution is -0.133. The molecule has 0 bridgehead atoms. The fourth-order valence-corrected chi connectivity index (χ4v) is 4.62. The standard InChI is InChI=1S/C26H22ClN3O3/c1-3-23(31)30-21(22-10-7-13-33-22)15-19(28-30)25-24(16-8-5-4-6-9-16)18-14-17(27)11-12-20(18)29(2)26(25)32/h4-14,21H,3,15H2,1-2H3/t21-/m1/s1. The fourth-order valence-electron chi connectivity index (χ4n) is 4.45. The summed E-state index contributed by atoms with van der Waals surface area (Å²) in [6.45, 7) is 1.79. The third-order valence-corrected chi connectivity index (χ3v) is 6.28. The number of rotatable bonds is 4. The number of hydrogen-bond donors (Lipinski definition) is 0. The average molecular weight is 460 g/mol. The second-order valence-electron chi connectivity index (χ2n) is 8.02. The van der Waals surface area contributed by atoms with E-state index in [9.17, 15) is 9.59 Å². The van der Waals surface area contributed by atoms with Crippen molar-refractivity contribution in [2.45, 2.75) is 25.8 Å². The number of hydrazone groups is 1. The van der Waals surface area contributed by atoms with Crippen molar-refractivity contribution in [2.24, 2.45) is 12.1 Å². The zero-order valence-corrected chi connectivity index (χ0v) is 19.0. The normalized spacial score (nSPS) is 15.8. The van der Waals surface area contributed by atoms with Crippen LogP contribution in [0.3, 0.4) is 0 Å². The van der Waals surface area contributed by atoms with E-state index in [1.54, 1.807) is 36.9 Å². The lowest BCUT2D eigenvalue weighted by atomic mass is 9.91. The molecule has 2 aromatic carbocycles. The minimum absolute atomic E-state index is 0.131. The number of nitrogens with zero attached hydrogens (tertiary/aromatic N) is 3. The minimum Gasteiger partial charge on any atom is -0.467 e. The van der Waals surface area contributed by atoms with E-state index >= 15 is 0 Å². The summed E-state index contributed by atoms with van der Waals surface area (Å²) in [4.78, 5) is 26.4. The van der Waals surface area contributed by atoms with Gasteiger partial charge in [-0.2, -0.15) is 5.10 Å². The molecule has 0 spiro atoms. The highest BCUT2D eigenvalue weighted by Gasteiger charge is 2.36. The molecule has 2 aromatic heterocycles. The molecule has 7 heteroatoms. The number of amides is 1. The van der Waals surface area contributed by atoms with Crippen LogP contribution in [-0.2, 0) is 11.8 Å². The van der Waals surface area contributed by atoms with E-state index in [1.807, 2.05) is 48.5 Å². The summed E-state index contributed by atoms with van der Waals surface area (Å²) in [5, 5.41) is 7.55. The minimum atomic E-state index is -0.397. The number of carbonyl (C=O) groups excluding carboxylic acids is 1. The van der Waals surface area contributed by atoms with Crippen molar-refractivity contribution in [2.75, 3.05) is 0 Å². The Labute approximate surface area is 195 Å². The van der Waals surface area contributed by atoms with Crippen molar-refractivity contribution < 1.29 is 9.21 Å². The van der Waals surface area contributed by atoms with E-state index in [0.717, 1.165) is 22.0 Å². The molecule has 1 aliphatic rings. The number of aromatic nitrogens is 1. The van der Waals surface area contributed by atoms with Crippen LogP contribution in [0.5, 0.6) is 0 Å². The zero-order chi connectivity index (χ0) is 23.1. The molecule has 1 amide bonds. The van der Waals surface area contributed by atoms with Crippen molar-refractivity contribution in [1.82, 2.24) is 9.58 Å². The molecule has 1 atom stereocenters. The molecular weight excluding hydrogens is 438 g/mol. The number of hydrogen-bond acceptors (Lipinski definition) is 4. The number of fused-ring (bicyclic) bond motifs is 1. The van der Waals surface area contributed by atoms with E-state index in [0.29, 0.717) is 34.9 Å². The molecule has 166 valence electrons. The van der Waals surface area contributed by atoms with Crippen LogP contribution >= 0.6 is 11.6 Å².